The zero-order valence-corrected chi connectivity index (χ0v) is 16.7. The number of para-hydroxylation sites is 1. The Morgan fingerprint density at radius 3 is 2.57 bits per heavy atom. The lowest BCUT2D eigenvalue weighted by Gasteiger charge is -2.20. The summed E-state index contributed by atoms with van der Waals surface area (Å²) in [5, 5.41) is 4.10. The average molecular weight is 377 g/mol. The van der Waals surface area contributed by atoms with Crippen LogP contribution in [0.3, 0.4) is 0 Å². The van der Waals surface area contributed by atoms with E-state index in [1.807, 2.05) is 56.4 Å². The third-order valence-electron chi connectivity index (χ3n) is 5.17. The van der Waals surface area contributed by atoms with Crippen LogP contribution in [0, 0.1) is 13.8 Å². The van der Waals surface area contributed by atoms with Gasteiger partial charge in [-0.3, -0.25) is 9.59 Å². The fourth-order valence-electron chi connectivity index (χ4n) is 3.30. The van der Waals surface area contributed by atoms with E-state index < -0.39 is 0 Å². The normalized spacial score (nSPS) is 10.8. The Morgan fingerprint density at radius 2 is 1.82 bits per heavy atom. The fourth-order valence-corrected chi connectivity index (χ4v) is 3.30. The molecule has 0 spiro atoms. The number of amides is 2. The molecular formula is C23H27N3O2. The Labute approximate surface area is 165 Å². The summed E-state index contributed by atoms with van der Waals surface area (Å²) in [7, 11) is 0. The third-order valence-corrected chi connectivity index (χ3v) is 5.17. The van der Waals surface area contributed by atoms with Crippen molar-refractivity contribution in [1.29, 1.82) is 0 Å². The van der Waals surface area contributed by atoms with Crippen molar-refractivity contribution in [2.24, 2.45) is 0 Å². The molecule has 0 unspecified atom stereocenters. The van der Waals surface area contributed by atoms with Crippen LogP contribution < -0.4 is 5.32 Å². The first kappa shape index (κ1) is 19.7. The number of fused-ring (bicyclic) bond motifs is 1. The Hall–Kier alpha value is -3.08. The van der Waals surface area contributed by atoms with Gasteiger partial charge in [-0.15, -0.1) is 0 Å². The van der Waals surface area contributed by atoms with E-state index in [1.165, 1.54) is 16.5 Å². The van der Waals surface area contributed by atoms with Gasteiger partial charge in [0.15, 0.2) is 0 Å². The van der Waals surface area contributed by atoms with E-state index in [-0.39, 0.29) is 18.2 Å². The van der Waals surface area contributed by atoms with Crippen molar-refractivity contribution in [3.63, 3.8) is 0 Å². The molecule has 0 saturated heterocycles. The van der Waals surface area contributed by atoms with E-state index in [2.05, 4.69) is 16.4 Å². The highest BCUT2D eigenvalue weighted by atomic mass is 16.2. The third kappa shape index (κ3) is 4.80. The van der Waals surface area contributed by atoms with Gasteiger partial charge in [-0.2, -0.15) is 0 Å². The maximum atomic E-state index is 12.3. The summed E-state index contributed by atoms with van der Waals surface area (Å²) in [6.07, 6.45) is 3.03. The monoisotopic (exact) mass is 377 g/mol. The maximum Gasteiger partial charge on any atom is 0.226 e. The van der Waals surface area contributed by atoms with Crippen LogP contribution in [-0.4, -0.2) is 34.8 Å². The molecule has 0 bridgehead atoms. The van der Waals surface area contributed by atoms with Gasteiger partial charge in [0.25, 0.3) is 0 Å². The van der Waals surface area contributed by atoms with Gasteiger partial charge < -0.3 is 15.2 Å². The number of aromatic amines is 1. The lowest BCUT2D eigenvalue weighted by atomic mass is 10.1. The molecular weight excluding hydrogens is 350 g/mol. The van der Waals surface area contributed by atoms with Crippen molar-refractivity contribution >= 4 is 28.4 Å². The number of aryl methyl sites for hydroxylation is 2. The van der Waals surface area contributed by atoms with Gasteiger partial charge >= 0.3 is 0 Å². The van der Waals surface area contributed by atoms with Gasteiger partial charge in [0.1, 0.15) is 0 Å². The quantitative estimate of drug-likeness (QED) is 0.648. The molecule has 1 aromatic heterocycles. The van der Waals surface area contributed by atoms with E-state index in [1.54, 1.807) is 11.8 Å². The zero-order valence-electron chi connectivity index (χ0n) is 16.7. The Morgan fingerprint density at radius 1 is 1.04 bits per heavy atom. The van der Waals surface area contributed by atoms with Gasteiger partial charge in [0, 0.05) is 49.2 Å². The number of benzene rings is 2. The van der Waals surface area contributed by atoms with Crippen molar-refractivity contribution in [3.05, 3.63) is 65.4 Å². The predicted octanol–water partition coefficient (Wildman–Crippen LogP) is 4.20. The second-order valence-electron chi connectivity index (χ2n) is 7.21. The summed E-state index contributed by atoms with van der Waals surface area (Å²) in [5.74, 6) is -0.0968. The van der Waals surface area contributed by atoms with Crippen molar-refractivity contribution in [3.8, 4) is 0 Å². The molecule has 0 aliphatic carbocycles. The number of anilines is 1. The van der Waals surface area contributed by atoms with E-state index in [0.717, 1.165) is 23.2 Å². The minimum atomic E-state index is -0.0819. The van der Waals surface area contributed by atoms with Crippen LogP contribution in [-0.2, 0) is 16.0 Å². The highest BCUT2D eigenvalue weighted by Crippen LogP contribution is 2.18. The molecule has 0 aliphatic heterocycles. The summed E-state index contributed by atoms with van der Waals surface area (Å²) >= 11 is 0. The van der Waals surface area contributed by atoms with Gasteiger partial charge in [0.2, 0.25) is 11.8 Å². The van der Waals surface area contributed by atoms with Gasteiger partial charge in [-0.1, -0.05) is 24.3 Å². The smallest absolute Gasteiger partial charge is 0.226 e. The van der Waals surface area contributed by atoms with E-state index in [4.69, 9.17) is 0 Å². The Bertz CT molecular complexity index is 990. The summed E-state index contributed by atoms with van der Waals surface area (Å²) < 4.78 is 0. The number of hydrogen-bond acceptors (Lipinski definition) is 2. The fraction of sp³-hybridized carbons (Fsp3) is 0.304. The first-order valence-electron chi connectivity index (χ1n) is 9.61. The number of carbonyl (C=O) groups excluding carboxylic acids is 2. The first-order chi connectivity index (χ1) is 13.4. The van der Waals surface area contributed by atoms with Gasteiger partial charge in [-0.05, 0) is 55.2 Å². The average Bonchev–Trinajstić information content (AvgIpc) is 3.08. The number of nitrogens with zero attached hydrogens (tertiary/aromatic N) is 1. The first-order valence-corrected chi connectivity index (χ1v) is 9.61. The second kappa shape index (κ2) is 8.74. The summed E-state index contributed by atoms with van der Waals surface area (Å²) in [6, 6.07) is 14.0. The molecule has 146 valence electrons. The number of H-pyrrole nitrogens is 1. The van der Waals surface area contributed by atoms with Crippen molar-refractivity contribution in [1.82, 2.24) is 9.88 Å². The molecule has 1 heterocycles. The minimum absolute atomic E-state index is 0.0150. The van der Waals surface area contributed by atoms with Crippen LogP contribution in [0.25, 0.3) is 10.9 Å². The van der Waals surface area contributed by atoms with Crippen molar-refractivity contribution < 1.29 is 9.59 Å². The number of rotatable bonds is 7. The number of nitrogens with one attached hydrogen (secondary N) is 2. The molecule has 2 aromatic carbocycles. The molecule has 0 atom stereocenters. The maximum absolute atomic E-state index is 12.3. The van der Waals surface area contributed by atoms with Crippen LogP contribution >= 0.6 is 0 Å². The van der Waals surface area contributed by atoms with Gasteiger partial charge in [0.05, 0.1) is 0 Å². The number of carbonyl (C=O) groups is 2. The van der Waals surface area contributed by atoms with Crippen LogP contribution in [0.5, 0.6) is 0 Å². The zero-order chi connectivity index (χ0) is 20.1. The molecule has 0 radical (unpaired) electrons. The Balaban J connectivity index is 1.55. The minimum Gasteiger partial charge on any atom is -0.361 e. The lowest BCUT2D eigenvalue weighted by molar-refractivity contribution is -0.129. The largest absolute Gasteiger partial charge is 0.361 e. The van der Waals surface area contributed by atoms with Crippen LogP contribution in [0.15, 0.2) is 48.7 Å². The molecule has 2 N–H and O–H groups in total. The summed E-state index contributed by atoms with van der Waals surface area (Å²) in [4.78, 5) is 29.3. The molecule has 3 aromatic rings. The van der Waals surface area contributed by atoms with Crippen molar-refractivity contribution in [2.45, 2.75) is 33.6 Å². The van der Waals surface area contributed by atoms with Crippen LogP contribution in [0.1, 0.15) is 30.0 Å². The molecule has 0 fully saturated rings. The van der Waals surface area contributed by atoms with Crippen molar-refractivity contribution in [2.75, 3.05) is 18.4 Å². The highest BCUT2D eigenvalue weighted by molar-refractivity contribution is 5.91. The standard InChI is InChI=1S/C23H27N3O2/c1-16-8-9-20(14-17(16)2)25-23(28)11-13-26(18(3)27)12-10-19-15-24-22-7-5-4-6-21(19)22/h4-9,14-15,24H,10-13H2,1-3H3,(H,25,28). The molecule has 5 heteroatoms. The van der Waals surface area contributed by atoms with Crippen LogP contribution in [0.2, 0.25) is 0 Å². The Kier molecular flexibility index (Phi) is 6.14. The SMILES string of the molecule is CC(=O)N(CCC(=O)Nc1ccc(C)c(C)c1)CCc1c[nH]c2ccccc12. The van der Waals surface area contributed by atoms with E-state index in [9.17, 15) is 9.59 Å². The molecule has 0 saturated carbocycles. The molecule has 0 aliphatic rings. The number of aromatic nitrogens is 1. The molecule has 2 amide bonds. The summed E-state index contributed by atoms with van der Waals surface area (Å²) in [5.41, 5.74) is 5.40. The lowest BCUT2D eigenvalue weighted by Crippen LogP contribution is -2.33. The van der Waals surface area contributed by atoms with Gasteiger partial charge in [-0.25, -0.2) is 0 Å². The second-order valence-corrected chi connectivity index (χ2v) is 7.21. The highest BCUT2D eigenvalue weighted by Gasteiger charge is 2.13. The van der Waals surface area contributed by atoms with Crippen LogP contribution in [0.4, 0.5) is 5.69 Å². The van der Waals surface area contributed by atoms with E-state index >= 15 is 0 Å². The topological polar surface area (TPSA) is 65.2 Å². The molecule has 3 rings (SSSR count). The van der Waals surface area contributed by atoms with E-state index in [0.29, 0.717) is 13.1 Å². The molecule has 5 nitrogen and oxygen atoms in total. The summed E-state index contributed by atoms with van der Waals surface area (Å²) in [6.45, 7) is 6.62. The molecule has 28 heavy (non-hydrogen) atoms. The number of hydrogen-bond donors (Lipinski definition) is 2. The predicted molar refractivity (Wildman–Crippen MR) is 113 cm³/mol.